The van der Waals surface area contributed by atoms with Crippen molar-refractivity contribution in [2.24, 2.45) is 0 Å². The average Bonchev–Trinajstić information content (AvgIpc) is 3.74. The highest BCUT2D eigenvalue weighted by atomic mass is 32.2. The van der Waals surface area contributed by atoms with Crippen molar-refractivity contribution >= 4 is 29.3 Å². The largest absolute Gasteiger partial charge is 0.435 e. The molecule has 0 atom stereocenters. The van der Waals surface area contributed by atoms with Crippen LogP contribution in [0.1, 0.15) is 18.5 Å². The van der Waals surface area contributed by atoms with E-state index in [1.807, 2.05) is 18.2 Å². The van der Waals surface area contributed by atoms with Crippen LogP contribution in [0, 0.1) is 0 Å². The van der Waals surface area contributed by atoms with Gasteiger partial charge in [-0.3, -0.25) is 0 Å². The summed E-state index contributed by atoms with van der Waals surface area (Å²) >= 11 is 1.65. The molecule has 3 aromatic rings. The fraction of sp³-hybridized carbons (Fsp3) is 0.370. The van der Waals surface area contributed by atoms with Gasteiger partial charge in [0, 0.05) is 41.8 Å². The molecule has 0 unspecified atom stereocenters. The van der Waals surface area contributed by atoms with Crippen molar-refractivity contribution in [1.82, 2.24) is 15.3 Å². The smallest absolute Gasteiger partial charge is 0.387 e. The Morgan fingerprint density at radius 3 is 2.44 bits per heavy atom. The van der Waals surface area contributed by atoms with E-state index in [9.17, 15) is 18.0 Å². The molecule has 39 heavy (non-hydrogen) atoms. The third-order valence-electron chi connectivity index (χ3n) is 6.36. The van der Waals surface area contributed by atoms with Gasteiger partial charge in [0.05, 0.1) is 23.7 Å². The van der Waals surface area contributed by atoms with Crippen molar-refractivity contribution < 1.29 is 27.4 Å². The summed E-state index contributed by atoms with van der Waals surface area (Å²) in [5.74, 6) is 1.50. The van der Waals surface area contributed by atoms with E-state index in [4.69, 9.17) is 14.7 Å². The first-order chi connectivity index (χ1) is 18.9. The number of rotatable bonds is 10. The lowest BCUT2D eigenvalue weighted by atomic mass is 10.1. The summed E-state index contributed by atoms with van der Waals surface area (Å²) in [6, 6.07) is 15.4. The van der Waals surface area contributed by atoms with Crippen LogP contribution < -0.4 is 20.3 Å². The minimum atomic E-state index is -2.86. The SMILES string of the molecule is O=C(NCCF)Nc1ccc(-c2nc(N3CCOCC3)cc(C3(Sc4ccc(OC(F)F)cc4)CC3)n2)cc1. The van der Waals surface area contributed by atoms with Crippen LogP contribution in [0.25, 0.3) is 11.4 Å². The van der Waals surface area contributed by atoms with Gasteiger partial charge in [-0.1, -0.05) is 0 Å². The van der Waals surface area contributed by atoms with Crippen LogP contribution in [0.15, 0.2) is 59.5 Å². The highest BCUT2D eigenvalue weighted by molar-refractivity contribution is 8.00. The number of alkyl halides is 3. The van der Waals surface area contributed by atoms with Gasteiger partial charge in [0.15, 0.2) is 5.82 Å². The number of anilines is 2. The molecule has 0 radical (unpaired) electrons. The number of hydrogen-bond donors (Lipinski definition) is 2. The van der Waals surface area contributed by atoms with Crippen molar-refractivity contribution in [3.63, 3.8) is 0 Å². The van der Waals surface area contributed by atoms with Gasteiger partial charge in [0.2, 0.25) is 0 Å². The summed E-state index contributed by atoms with van der Waals surface area (Å²) in [6.07, 6.45) is 1.84. The third kappa shape index (κ3) is 6.93. The number of amides is 2. The van der Waals surface area contributed by atoms with Gasteiger partial charge in [0.1, 0.15) is 18.2 Å². The van der Waals surface area contributed by atoms with E-state index in [1.165, 1.54) is 0 Å². The standard InChI is InChI=1S/C27H28F3N5O3S/c28-11-12-31-26(36)32-19-3-1-18(2-4-19)24-33-22(17-23(34-24)35-13-15-37-16-14-35)27(9-10-27)39-21-7-5-20(6-8-21)38-25(29)30/h1-8,17,25H,9-16H2,(H2,31,32,36). The van der Waals surface area contributed by atoms with Crippen LogP contribution in [0.3, 0.4) is 0 Å². The number of aromatic nitrogens is 2. The van der Waals surface area contributed by atoms with Crippen molar-refractivity contribution in [3.8, 4) is 17.1 Å². The number of hydrogen-bond acceptors (Lipinski definition) is 7. The second-order valence-electron chi connectivity index (χ2n) is 9.13. The molecule has 2 aromatic carbocycles. The molecule has 206 valence electrons. The first kappa shape index (κ1) is 27.1. The fourth-order valence-corrected chi connectivity index (χ4v) is 5.47. The predicted molar refractivity (Wildman–Crippen MR) is 143 cm³/mol. The molecule has 2 aliphatic rings. The number of carbonyl (C=O) groups excluding carboxylic acids is 1. The number of morpholine rings is 1. The van der Waals surface area contributed by atoms with Gasteiger partial charge < -0.3 is 25.0 Å². The van der Waals surface area contributed by atoms with Gasteiger partial charge in [0.25, 0.3) is 0 Å². The van der Waals surface area contributed by atoms with E-state index in [2.05, 4.69) is 20.3 Å². The van der Waals surface area contributed by atoms with E-state index >= 15 is 0 Å². The van der Waals surface area contributed by atoms with E-state index in [0.717, 1.165) is 47.9 Å². The van der Waals surface area contributed by atoms with E-state index in [1.54, 1.807) is 48.2 Å². The van der Waals surface area contributed by atoms with Crippen LogP contribution in [-0.4, -0.2) is 62.1 Å². The van der Waals surface area contributed by atoms with Crippen LogP contribution in [0.2, 0.25) is 0 Å². The number of benzene rings is 2. The number of carbonyl (C=O) groups is 1. The Morgan fingerprint density at radius 1 is 1.08 bits per heavy atom. The molecule has 2 fully saturated rings. The summed E-state index contributed by atoms with van der Waals surface area (Å²) in [5.41, 5.74) is 2.25. The van der Waals surface area contributed by atoms with Gasteiger partial charge in [-0.2, -0.15) is 8.78 Å². The van der Waals surface area contributed by atoms with Gasteiger partial charge in [-0.25, -0.2) is 19.2 Å². The Morgan fingerprint density at radius 2 is 1.79 bits per heavy atom. The summed E-state index contributed by atoms with van der Waals surface area (Å²) in [4.78, 5) is 24.8. The summed E-state index contributed by atoms with van der Waals surface area (Å²) in [7, 11) is 0. The van der Waals surface area contributed by atoms with E-state index in [-0.39, 0.29) is 17.0 Å². The van der Waals surface area contributed by atoms with Crippen molar-refractivity contribution in [2.45, 2.75) is 29.1 Å². The fourth-order valence-electron chi connectivity index (χ4n) is 4.23. The number of halogens is 3. The first-order valence-electron chi connectivity index (χ1n) is 12.6. The average molecular weight is 560 g/mol. The molecule has 0 spiro atoms. The highest BCUT2D eigenvalue weighted by Gasteiger charge is 2.47. The Kier molecular flexibility index (Phi) is 8.41. The Labute approximate surface area is 228 Å². The monoisotopic (exact) mass is 559 g/mol. The summed E-state index contributed by atoms with van der Waals surface area (Å²) in [5, 5.41) is 5.10. The maximum absolute atomic E-state index is 12.5. The molecule has 1 saturated carbocycles. The first-order valence-corrected chi connectivity index (χ1v) is 13.4. The zero-order chi connectivity index (χ0) is 27.2. The molecule has 1 aliphatic carbocycles. The van der Waals surface area contributed by atoms with Crippen LogP contribution in [0.4, 0.5) is 29.5 Å². The maximum Gasteiger partial charge on any atom is 0.387 e. The normalized spacial score (nSPS) is 16.2. The summed E-state index contributed by atoms with van der Waals surface area (Å²) in [6.45, 7) is -0.873. The zero-order valence-electron chi connectivity index (χ0n) is 21.0. The Balaban J connectivity index is 1.40. The zero-order valence-corrected chi connectivity index (χ0v) is 21.9. The van der Waals surface area contributed by atoms with E-state index < -0.39 is 19.3 Å². The second kappa shape index (κ2) is 12.1. The molecule has 1 aromatic heterocycles. The molecule has 2 amide bonds. The Bertz CT molecular complexity index is 1270. The highest BCUT2D eigenvalue weighted by Crippen LogP contribution is 2.59. The van der Waals surface area contributed by atoms with Crippen molar-refractivity contribution in [1.29, 1.82) is 0 Å². The quantitative estimate of drug-likeness (QED) is 0.341. The van der Waals surface area contributed by atoms with Gasteiger partial charge in [-0.15, -0.1) is 11.8 Å². The lowest BCUT2D eigenvalue weighted by Gasteiger charge is -2.29. The van der Waals surface area contributed by atoms with Crippen LogP contribution >= 0.6 is 11.8 Å². The predicted octanol–water partition coefficient (Wildman–Crippen LogP) is 5.45. The number of nitrogens with one attached hydrogen (secondary N) is 2. The Hall–Kier alpha value is -3.51. The minimum absolute atomic E-state index is 0.0533. The van der Waals surface area contributed by atoms with Gasteiger partial charge in [-0.05, 0) is 61.4 Å². The molecule has 2 N–H and O–H groups in total. The summed E-state index contributed by atoms with van der Waals surface area (Å²) < 4.78 is 47.1. The van der Waals surface area contributed by atoms with Crippen molar-refractivity contribution in [2.75, 3.05) is 49.7 Å². The molecule has 12 heteroatoms. The lowest BCUT2D eigenvalue weighted by Crippen LogP contribution is -2.37. The number of ether oxygens (including phenoxy) is 2. The van der Waals surface area contributed by atoms with Gasteiger partial charge >= 0.3 is 12.6 Å². The molecular weight excluding hydrogens is 531 g/mol. The molecule has 8 nitrogen and oxygen atoms in total. The maximum atomic E-state index is 12.5. The lowest BCUT2D eigenvalue weighted by molar-refractivity contribution is -0.0498. The topological polar surface area (TPSA) is 88.6 Å². The van der Waals surface area contributed by atoms with E-state index in [0.29, 0.717) is 24.7 Å². The number of urea groups is 1. The molecular formula is C27H28F3N5O3S. The molecule has 0 bridgehead atoms. The number of thioether (sulfide) groups is 1. The minimum Gasteiger partial charge on any atom is -0.435 e. The van der Waals surface area contributed by atoms with Crippen LogP contribution in [0.5, 0.6) is 5.75 Å². The molecule has 1 saturated heterocycles. The molecule has 5 rings (SSSR count). The third-order valence-corrected chi connectivity index (χ3v) is 7.88. The molecule has 1 aliphatic heterocycles. The molecule has 2 heterocycles. The number of nitrogens with zero attached hydrogens (tertiary/aromatic N) is 3. The van der Waals surface area contributed by atoms with Crippen molar-refractivity contribution in [3.05, 3.63) is 60.3 Å². The second-order valence-corrected chi connectivity index (χ2v) is 10.6. The van der Waals surface area contributed by atoms with Crippen LogP contribution in [-0.2, 0) is 9.48 Å².